The van der Waals surface area contributed by atoms with Crippen LogP contribution >= 0.6 is 11.3 Å². The molecule has 0 radical (unpaired) electrons. The van der Waals surface area contributed by atoms with Gasteiger partial charge in [0.05, 0.1) is 23.2 Å². The molecule has 1 aliphatic heterocycles. The summed E-state index contributed by atoms with van der Waals surface area (Å²) in [6.07, 6.45) is 4.51. The van der Waals surface area contributed by atoms with E-state index in [-0.39, 0.29) is 30.0 Å². The van der Waals surface area contributed by atoms with E-state index in [9.17, 15) is 14.4 Å². The molecule has 0 spiro atoms. The van der Waals surface area contributed by atoms with Gasteiger partial charge in [0.15, 0.2) is 0 Å². The van der Waals surface area contributed by atoms with Crippen LogP contribution in [0.3, 0.4) is 0 Å². The van der Waals surface area contributed by atoms with Gasteiger partial charge in [-0.1, -0.05) is 0 Å². The third-order valence-electron chi connectivity index (χ3n) is 5.14. The van der Waals surface area contributed by atoms with E-state index in [0.29, 0.717) is 33.8 Å². The summed E-state index contributed by atoms with van der Waals surface area (Å²) in [5.74, 6) is -0.317. The second-order valence-electron chi connectivity index (χ2n) is 7.09. The van der Waals surface area contributed by atoms with E-state index < -0.39 is 0 Å². The van der Waals surface area contributed by atoms with Gasteiger partial charge in [0, 0.05) is 26.2 Å². The molecule has 1 N–H and O–H groups in total. The number of carbonyl (C=O) groups excluding carboxylic acids is 2. The number of thiophene rings is 1. The highest BCUT2D eigenvalue weighted by Crippen LogP contribution is 2.26. The van der Waals surface area contributed by atoms with E-state index in [2.05, 4.69) is 10.3 Å². The Bertz CT molecular complexity index is 936. The van der Waals surface area contributed by atoms with Gasteiger partial charge >= 0.3 is 0 Å². The number of rotatable bonds is 6. The fraction of sp³-hybridized carbons (Fsp3) is 0.579. The third kappa shape index (κ3) is 4.10. The van der Waals surface area contributed by atoms with Crippen LogP contribution in [0.2, 0.25) is 0 Å². The molecule has 1 atom stereocenters. The van der Waals surface area contributed by atoms with E-state index in [1.54, 1.807) is 14.0 Å². The Morgan fingerprint density at radius 2 is 2.18 bits per heavy atom. The van der Waals surface area contributed by atoms with Crippen LogP contribution in [0.25, 0.3) is 10.2 Å². The van der Waals surface area contributed by atoms with Crippen molar-refractivity contribution in [3.63, 3.8) is 0 Å². The molecule has 3 heterocycles. The number of likely N-dealkylation sites (tertiary alicyclic amines) is 1. The first kappa shape index (κ1) is 20.5. The number of nitrogens with zero attached hydrogens (tertiary/aromatic N) is 3. The molecule has 1 aliphatic rings. The molecule has 2 amide bonds. The van der Waals surface area contributed by atoms with Crippen LogP contribution in [-0.4, -0.2) is 59.1 Å². The predicted molar refractivity (Wildman–Crippen MR) is 108 cm³/mol. The lowest BCUT2D eigenvalue weighted by Gasteiger charge is -2.33. The Kier molecular flexibility index (Phi) is 6.46. The Labute approximate surface area is 167 Å². The number of fused-ring (bicyclic) bond motifs is 1. The smallest absolute Gasteiger partial charge is 0.262 e. The largest absolute Gasteiger partial charge is 0.383 e. The number of carbonyl (C=O) groups is 2. The van der Waals surface area contributed by atoms with Crippen LogP contribution in [0.4, 0.5) is 0 Å². The van der Waals surface area contributed by atoms with Crippen LogP contribution in [0.15, 0.2) is 11.1 Å². The predicted octanol–water partition coefficient (Wildman–Crippen LogP) is 1.54. The van der Waals surface area contributed by atoms with E-state index in [4.69, 9.17) is 4.74 Å². The molecular weight excluding hydrogens is 380 g/mol. The highest BCUT2D eigenvalue weighted by atomic mass is 32.1. The van der Waals surface area contributed by atoms with Crippen molar-refractivity contribution in [3.05, 3.63) is 27.1 Å². The molecule has 0 saturated carbocycles. The average Bonchev–Trinajstić information content (AvgIpc) is 3.02. The Hall–Kier alpha value is -2.26. The molecule has 9 heteroatoms. The second kappa shape index (κ2) is 8.83. The van der Waals surface area contributed by atoms with Crippen molar-refractivity contribution in [3.8, 4) is 0 Å². The molecule has 1 fully saturated rings. The number of piperidine rings is 1. The Balaban J connectivity index is 1.84. The molecule has 0 aliphatic carbocycles. The molecule has 1 saturated heterocycles. The molecule has 8 nitrogen and oxygen atoms in total. The van der Waals surface area contributed by atoms with Crippen molar-refractivity contribution in [2.75, 3.05) is 26.8 Å². The molecule has 0 unspecified atom stereocenters. The van der Waals surface area contributed by atoms with Gasteiger partial charge in [0.2, 0.25) is 5.91 Å². The van der Waals surface area contributed by atoms with Crippen molar-refractivity contribution in [1.82, 2.24) is 19.8 Å². The molecule has 0 bridgehead atoms. The van der Waals surface area contributed by atoms with E-state index >= 15 is 0 Å². The fourth-order valence-electron chi connectivity index (χ4n) is 3.54. The van der Waals surface area contributed by atoms with Crippen molar-refractivity contribution >= 4 is 33.4 Å². The normalized spacial score (nSPS) is 17.1. The lowest BCUT2D eigenvalue weighted by atomic mass is 10.0. The Morgan fingerprint density at radius 3 is 2.89 bits per heavy atom. The minimum atomic E-state index is -0.285. The number of methoxy groups -OCH3 is 1. The standard InChI is InChI=1S/C19H26N4O4S/c1-12-6-4-5-8-23(12)14(24)10-22-11-21-18-15(19(22)26)13(2)16(28-18)17(25)20-7-9-27-3/h11-12H,4-10H2,1-3H3,(H,20,25)/t12-/m1/s1. The van der Waals surface area contributed by atoms with Gasteiger partial charge in [-0.2, -0.15) is 0 Å². The Morgan fingerprint density at radius 1 is 1.39 bits per heavy atom. The first-order chi connectivity index (χ1) is 13.4. The van der Waals surface area contributed by atoms with Crippen molar-refractivity contribution in [2.45, 2.75) is 45.7 Å². The summed E-state index contributed by atoms with van der Waals surface area (Å²) in [6.45, 7) is 5.29. The molecule has 152 valence electrons. The highest BCUT2D eigenvalue weighted by molar-refractivity contribution is 7.20. The summed E-state index contributed by atoms with van der Waals surface area (Å²) in [7, 11) is 1.56. The van der Waals surface area contributed by atoms with Crippen molar-refractivity contribution in [2.24, 2.45) is 0 Å². The summed E-state index contributed by atoms with van der Waals surface area (Å²) in [6, 6.07) is 0.193. The van der Waals surface area contributed by atoms with Gasteiger partial charge in [-0.15, -0.1) is 11.3 Å². The SMILES string of the molecule is COCCNC(=O)c1sc2ncn(CC(=O)N3CCCC[C@H]3C)c(=O)c2c1C. The number of aryl methyl sites for hydroxylation is 1. The summed E-state index contributed by atoms with van der Waals surface area (Å²) >= 11 is 1.19. The molecule has 28 heavy (non-hydrogen) atoms. The summed E-state index contributed by atoms with van der Waals surface area (Å²) in [5.41, 5.74) is 0.313. The lowest BCUT2D eigenvalue weighted by Crippen LogP contribution is -2.44. The van der Waals surface area contributed by atoms with E-state index in [1.165, 1.54) is 22.2 Å². The van der Waals surface area contributed by atoms with Crippen LogP contribution in [-0.2, 0) is 16.1 Å². The highest BCUT2D eigenvalue weighted by Gasteiger charge is 2.24. The van der Waals surface area contributed by atoms with Gasteiger partial charge in [-0.3, -0.25) is 19.0 Å². The minimum absolute atomic E-state index is 0.0310. The quantitative estimate of drug-likeness (QED) is 0.735. The van der Waals surface area contributed by atoms with Crippen LogP contribution in [0.1, 0.15) is 41.4 Å². The second-order valence-corrected chi connectivity index (χ2v) is 8.09. The first-order valence-corrected chi connectivity index (χ1v) is 10.3. The third-order valence-corrected chi connectivity index (χ3v) is 6.34. The van der Waals surface area contributed by atoms with Crippen LogP contribution < -0.4 is 10.9 Å². The zero-order valence-electron chi connectivity index (χ0n) is 16.5. The number of aromatic nitrogens is 2. The van der Waals surface area contributed by atoms with E-state index in [1.807, 2.05) is 11.8 Å². The van der Waals surface area contributed by atoms with Gasteiger partial charge < -0.3 is 15.0 Å². The maximum atomic E-state index is 13.0. The molecule has 3 rings (SSSR count). The maximum Gasteiger partial charge on any atom is 0.262 e. The number of hydrogen-bond acceptors (Lipinski definition) is 6. The topological polar surface area (TPSA) is 93.5 Å². The van der Waals surface area contributed by atoms with Gasteiger partial charge in [-0.05, 0) is 38.7 Å². The van der Waals surface area contributed by atoms with Crippen LogP contribution in [0.5, 0.6) is 0 Å². The van der Waals surface area contributed by atoms with Gasteiger partial charge in [0.1, 0.15) is 11.4 Å². The zero-order chi connectivity index (χ0) is 20.3. The molecule has 0 aromatic carbocycles. The number of nitrogens with one attached hydrogen (secondary N) is 1. The number of ether oxygens (including phenoxy) is 1. The summed E-state index contributed by atoms with van der Waals surface area (Å²) < 4.78 is 6.28. The minimum Gasteiger partial charge on any atom is -0.383 e. The zero-order valence-corrected chi connectivity index (χ0v) is 17.3. The number of hydrogen-bond donors (Lipinski definition) is 1. The van der Waals surface area contributed by atoms with Crippen molar-refractivity contribution < 1.29 is 14.3 Å². The van der Waals surface area contributed by atoms with Crippen molar-refractivity contribution in [1.29, 1.82) is 0 Å². The molecular formula is C19H26N4O4S. The monoisotopic (exact) mass is 406 g/mol. The van der Waals surface area contributed by atoms with E-state index in [0.717, 1.165) is 25.8 Å². The molecule has 2 aromatic rings. The summed E-state index contributed by atoms with van der Waals surface area (Å²) in [4.78, 5) is 45.1. The maximum absolute atomic E-state index is 13.0. The van der Waals surface area contributed by atoms with Crippen LogP contribution in [0, 0.1) is 6.92 Å². The van der Waals surface area contributed by atoms with Gasteiger partial charge in [0.25, 0.3) is 11.5 Å². The lowest BCUT2D eigenvalue weighted by molar-refractivity contribution is -0.135. The average molecular weight is 407 g/mol. The molecule has 2 aromatic heterocycles. The van der Waals surface area contributed by atoms with Gasteiger partial charge in [-0.25, -0.2) is 4.98 Å². The first-order valence-electron chi connectivity index (χ1n) is 9.49. The number of amides is 2. The fourth-order valence-corrected chi connectivity index (χ4v) is 4.60. The summed E-state index contributed by atoms with van der Waals surface area (Å²) in [5, 5.41) is 3.17.